The third-order valence-corrected chi connectivity index (χ3v) is 2.87. The highest BCUT2D eigenvalue weighted by Crippen LogP contribution is 2.26. The molecular formula is C13H14BrN. The molecule has 0 saturated carbocycles. The van der Waals surface area contributed by atoms with Crippen molar-refractivity contribution < 1.29 is 0 Å². The van der Waals surface area contributed by atoms with Gasteiger partial charge in [-0.3, -0.25) is 0 Å². The third-order valence-electron chi connectivity index (χ3n) is 2.15. The lowest BCUT2D eigenvalue weighted by Gasteiger charge is -2.14. The van der Waals surface area contributed by atoms with E-state index in [2.05, 4.69) is 29.1 Å². The normalized spacial score (nSPS) is 13.3. The molecule has 0 aliphatic carbocycles. The van der Waals surface area contributed by atoms with Gasteiger partial charge in [0.1, 0.15) is 0 Å². The van der Waals surface area contributed by atoms with Gasteiger partial charge >= 0.3 is 0 Å². The number of allylic oxidation sites excluding steroid dienone is 2. The van der Waals surface area contributed by atoms with E-state index in [1.807, 2.05) is 30.3 Å². The van der Waals surface area contributed by atoms with Gasteiger partial charge < -0.3 is 5.73 Å². The van der Waals surface area contributed by atoms with Crippen LogP contribution in [0, 0.1) is 0 Å². The molecule has 1 nitrogen and oxygen atoms in total. The molecule has 0 saturated heterocycles. The molecule has 0 fully saturated rings. The molecule has 2 heteroatoms. The molecule has 1 rings (SSSR count). The van der Waals surface area contributed by atoms with Gasteiger partial charge in [-0.15, -0.1) is 0 Å². The van der Waals surface area contributed by atoms with Gasteiger partial charge in [-0.2, -0.15) is 0 Å². The Balaban J connectivity index is 3.08. The van der Waals surface area contributed by atoms with E-state index in [4.69, 9.17) is 5.73 Å². The standard InChI is InChI=1S/C13H14BrN/c1-3-7-10(4-2)13(15)11-8-5-6-9-12(11)14/h3-9,13H,1-2,15H2/b10-7+. The predicted molar refractivity (Wildman–Crippen MR) is 69.5 cm³/mol. The van der Waals surface area contributed by atoms with Gasteiger partial charge in [-0.05, 0) is 17.2 Å². The summed E-state index contributed by atoms with van der Waals surface area (Å²) in [4.78, 5) is 0. The molecule has 0 aliphatic rings. The Labute approximate surface area is 99.1 Å². The quantitative estimate of drug-likeness (QED) is 0.823. The fraction of sp³-hybridized carbons (Fsp3) is 0.0769. The van der Waals surface area contributed by atoms with Gasteiger partial charge in [0.25, 0.3) is 0 Å². The Hall–Kier alpha value is -1.12. The lowest BCUT2D eigenvalue weighted by molar-refractivity contribution is 0.865. The van der Waals surface area contributed by atoms with Crippen LogP contribution in [0.25, 0.3) is 0 Å². The molecular weight excluding hydrogens is 250 g/mol. The molecule has 1 atom stereocenters. The van der Waals surface area contributed by atoms with E-state index in [1.165, 1.54) is 0 Å². The Morgan fingerprint density at radius 1 is 1.33 bits per heavy atom. The monoisotopic (exact) mass is 263 g/mol. The van der Waals surface area contributed by atoms with Crippen LogP contribution in [-0.4, -0.2) is 0 Å². The second-order valence-electron chi connectivity index (χ2n) is 3.11. The minimum absolute atomic E-state index is 0.170. The minimum atomic E-state index is -0.170. The molecule has 0 amide bonds. The zero-order chi connectivity index (χ0) is 11.3. The van der Waals surface area contributed by atoms with Crippen molar-refractivity contribution in [2.75, 3.05) is 0 Å². The molecule has 0 bridgehead atoms. The zero-order valence-electron chi connectivity index (χ0n) is 8.49. The molecule has 0 aromatic heterocycles. The summed E-state index contributed by atoms with van der Waals surface area (Å²) in [5.74, 6) is 0. The molecule has 0 aliphatic heterocycles. The van der Waals surface area contributed by atoms with E-state index in [-0.39, 0.29) is 6.04 Å². The highest BCUT2D eigenvalue weighted by atomic mass is 79.9. The summed E-state index contributed by atoms with van der Waals surface area (Å²) < 4.78 is 1.01. The maximum atomic E-state index is 6.12. The van der Waals surface area contributed by atoms with Crippen molar-refractivity contribution in [3.63, 3.8) is 0 Å². The fourth-order valence-electron chi connectivity index (χ4n) is 1.34. The Morgan fingerprint density at radius 2 is 2.00 bits per heavy atom. The molecule has 1 unspecified atom stereocenters. The van der Waals surface area contributed by atoms with E-state index < -0.39 is 0 Å². The number of nitrogens with two attached hydrogens (primary N) is 1. The van der Waals surface area contributed by atoms with Crippen LogP contribution in [-0.2, 0) is 0 Å². The van der Waals surface area contributed by atoms with Crippen molar-refractivity contribution in [2.24, 2.45) is 5.73 Å². The lowest BCUT2D eigenvalue weighted by Crippen LogP contribution is -2.12. The van der Waals surface area contributed by atoms with Gasteiger partial charge in [0.05, 0.1) is 6.04 Å². The number of hydrogen-bond acceptors (Lipinski definition) is 1. The van der Waals surface area contributed by atoms with Crippen molar-refractivity contribution >= 4 is 15.9 Å². The first-order valence-corrected chi connectivity index (χ1v) is 5.45. The largest absolute Gasteiger partial charge is 0.320 e. The molecule has 0 heterocycles. The van der Waals surface area contributed by atoms with Gasteiger partial charge in [-0.1, -0.05) is 65.5 Å². The second kappa shape index (κ2) is 5.69. The highest BCUT2D eigenvalue weighted by molar-refractivity contribution is 9.10. The lowest BCUT2D eigenvalue weighted by atomic mass is 9.99. The molecule has 2 N–H and O–H groups in total. The number of halogens is 1. The summed E-state index contributed by atoms with van der Waals surface area (Å²) in [6.07, 6.45) is 5.34. The van der Waals surface area contributed by atoms with Crippen LogP contribution in [0.4, 0.5) is 0 Å². The van der Waals surface area contributed by atoms with Crippen LogP contribution in [0.1, 0.15) is 11.6 Å². The smallest absolute Gasteiger partial charge is 0.0562 e. The number of rotatable bonds is 4. The third kappa shape index (κ3) is 2.91. The molecule has 1 aromatic rings. The Bertz CT molecular complexity index is 393. The summed E-state index contributed by atoms with van der Waals surface area (Å²) in [6.45, 7) is 7.40. The topological polar surface area (TPSA) is 26.0 Å². The summed E-state index contributed by atoms with van der Waals surface area (Å²) >= 11 is 3.48. The molecule has 0 spiro atoms. The van der Waals surface area contributed by atoms with Crippen molar-refractivity contribution in [1.29, 1.82) is 0 Å². The van der Waals surface area contributed by atoms with E-state index in [0.717, 1.165) is 15.6 Å². The second-order valence-corrected chi connectivity index (χ2v) is 3.96. The van der Waals surface area contributed by atoms with Gasteiger partial charge in [0.15, 0.2) is 0 Å². The van der Waals surface area contributed by atoms with Gasteiger partial charge in [0, 0.05) is 4.47 Å². The van der Waals surface area contributed by atoms with Crippen LogP contribution in [0.2, 0.25) is 0 Å². The van der Waals surface area contributed by atoms with Gasteiger partial charge in [-0.25, -0.2) is 0 Å². The summed E-state index contributed by atoms with van der Waals surface area (Å²) in [6, 6.07) is 7.73. The van der Waals surface area contributed by atoms with Crippen LogP contribution in [0.5, 0.6) is 0 Å². The van der Waals surface area contributed by atoms with Crippen molar-refractivity contribution in [1.82, 2.24) is 0 Å². The molecule has 15 heavy (non-hydrogen) atoms. The molecule has 0 radical (unpaired) electrons. The maximum absolute atomic E-state index is 6.12. The van der Waals surface area contributed by atoms with Crippen LogP contribution in [0.15, 0.2) is 65.7 Å². The van der Waals surface area contributed by atoms with Crippen molar-refractivity contribution in [3.8, 4) is 0 Å². The van der Waals surface area contributed by atoms with Crippen LogP contribution >= 0.6 is 15.9 Å². The van der Waals surface area contributed by atoms with E-state index in [0.29, 0.717) is 0 Å². The maximum Gasteiger partial charge on any atom is 0.0562 e. The first-order valence-electron chi connectivity index (χ1n) is 4.65. The first kappa shape index (κ1) is 12.0. The Kier molecular flexibility index (Phi) is 4.53. The minimum Gasteiger partial charge on any atom is -0.320 e. The highest BCUT2D eigenvalue weighted by Gasteiger charge is 2.11. The predicted octanol–water partition coefficient (Wildman–Crippen LogP) is 3.75. The Morgan fingerprint density at radius 3 is 2.53 bits per heavy atom. The van der Waals surface area contributed by atoms with Crippen LogP contribution < -0.4 is 5.73 Å². The van der Waals surface area contributed by atoms with Crippen LogP contribution in [0.3, 0.4) is 0 Å². The zero-order valence-corrected chi connectivity index (χ0v) is 10.1. The average molecular weight is 264 g/mol. The molecule has 1 aromatic carbocycles. The van der Waals surface area contributed by atoms with E-state index in [9.17, 15) is 0 Å². The van der Waals surface area contributed by atoms with Crippen molar-refractivity contribution in [2.45, 2.75) is 6.04 Å². The SMILES string of the molecule is C=C/C=C(\C=C)C(N)c1ccccc1Br. The van der Waals surface area contributed by atoms with E-state index >= 15 is 0 Å². The fourth-order valence-corrected chi connectivity index (χ4v) is 1.87. The number of benzene rings is 1. The molecule has 78 valence electrons. The van der Waals surface area contributed by atoms with Gasteiger partial charge in [0.2, 0.25) is 0 Å². The summed E-state index contributed by atoms with van der Waals surface area (Å²) in [7, 11) is 0. The first-order chi connectivity index (χ1) is 7.20. The summed E-state index contributed by atoms with van der Waals surface area (Å²) in [5.41, 5.74) is 8.12. The summed E-state index contributed by atoms with van der Waals surface area (Å²) in [5, 5.41) is 0. The van der Waals surface area contributed by atoms with Crippen molar-refractivity contribution in [3.05, 3.63) is 71.3 Å². The van der Waals surface area contributed by atoms with E-state index in [1.54, 1.807) is 12.2 Å². The number of hydrogen-bond donors (Lipinski definition) is 1. The average Bonchev–Trinajstić information content (AvgIpc) is 2.25.